The number of ether oxygens (including phenoxy) is 6. The Labute approximate surface area is 165 Å². The van der Waals surface area contributed by atoms with Crippen molar-refractivity contribution in [2.45, 2.75) is 26.1 Å². The highest BCUT2D eigenvalue weighted by Gasteiger charge is 2.41. The normalized spacial score (nSPS) is 25.6. The van der Waals surface area contributed by atoms with Crippen LogP contribution in [0.15, 0.2) is 30.3 Å². The first-order chi connectivity index (χ1) is 13.6. The van der Waals surface area contributed by atoms with Gasteiger partial charge in [-0.2, -0.15) is 0 Å². The number of benzene rings is 2. The lowest BCUT2D eigenvalue weighted by molar-refractivity contribution is 0.0287. The van der Waals surface area contributed by atoms with Gasteiger partial charge in [0.05, 0.1) is 33.5 Å². The zero-order valence-electron chi connectivity index (χ0n) is 16.9. The Bertz CT molecular complexity index is 839. The molecular formula is C22H26O6. The fourth-order valence-electron chi connectivity index (χ4n) is 4.08. The van der Waals surface area contributed by atoms with Crippen molar-refractivity contribution in [3.8, 4) is 28.7 Å². The van der Waals surface area contributed by atoms with Crippen molar-refractivity contribution in [2.75, 3.05) is 28.1 Å². The lowest BCUT2D eigenvalue weighted by atomic mass is 9.85. The maximum atomic E-state index is 6.54. The summed E-state index contributed by atoms with van der Waals surface area (Å²) in [7, 11) is 4.85. The van der Waals surface area contributed by atoms with E-state index in [-0.39, 0.29) is 19.0 Å². The van der Waals surface area contributed by atoms with Crippen LogP contribution in [0.25, 0.3) is 0 Å². The van der Waals surface area contributed by atoms with E-state index in [2.05, 4.69) is 19.9 Å². The summed E-state index contributed by atoms with van der Waals surface area (Å²) in [6.45, 7) is 4.70. The second-order valence-electron chi connectivity index (χ2n) is 7.27. The SMILES string of the molecule is COc1cc(C2OC(c3ccc4c(c3)OCO4)C(C)C2C)cc(OC)c1OC. The molecule has 4 rings (SSSR count). The van der Waals surface area contributed by atoms with Crippen LogP contribution in [0, 0.1) is 11.8 Å². The molecule has 0 N–H and O–H groups in total. The first-order valence-corrected chi connectivity index (χ1v) is 9.42. The van der Waals surface area contributed by atoms with E-state index in [1.54, 1.807) is 21.3 Å². The summed E-state index contributed by atoms with van der Waals surface area (Å²) in [4.78, 5) is 0. The Balaban J connectivity index is 1.66. The highest BCUT2D eigenvalue weighted by molar-refractivity contribution is 5.54. The van der Waals surface area contributed by atoms with Crippen LogP contribution >= 0.6 is 0 Å². The van der Waals surface area contributed by atoms with E-state index in [0.717, 1.165) is 22.6 Å². The minimum Gasteiger partial charge on any atom is -0.493 e. The smallest absolute Gasteiger partial charge is 0.231 e. The third kappa shape index (κ3) is 3.02. The molecule has 0 radical (unpaired) electrons. The van der Waals surface area contributed by atoms with Crippen molar-refractivity contribution in [2.24, 2.45) is 11.8 Å². The molecular weight excluding hydrogens is 360 g/mol. The number of hydrogen-bond acceptors (Lipinski definition) is 6. The second-order valence-corrected chi connectivity index (χ2v) is 7.27. The first kappa shape index (κ1) is 18.7. The molecule has 1 saturated heterocycles. The van der Waals surface area contributed by atoms with Gasteiger partial charge in [0.15, 0.2) is 23.0 Å². The van der Waals surface area contributed by atoms with Gasteiger partial charge < -0.3 is 28.4 Å². The van der Waals surface area contributed by atoms with E-state index in [1.165, 1.54) is 0 Å². The molecule has 0 amide bonds. The van der Waals surface area contributed by atoms with Crippen LogP contribution in [0.1, 0.15) is 37.2 Å². The van der Waals surface area contributed by atoms with Crippen molar-refractivity contribution in [1.82, 2.24) is 0 Å². The van der Waals surface area contributed by atoms with Crippen molar-refractivity contribution < 1.29 is 28.4 Å². The molecule has 0 aliphatic carbocycles. The average molecular weight is 386 g/mol. The molecule has 0 aromatic heterocycles. The van der Waals surface area contributed by atoms with E-state index >= 15 is 0 Å². The van der Waals surface area contributed by atoms with Crippen molar-refractivity contribution >= 4 is 0 Å². The van der Waals surface area contributed by atoms with Gasteiger partial charge in [-0.15, -0.1) is 0 Å². The van der Waals surface area contributed by atoms with Crippen LogP contribution < -0.4 is 23.7 Å². The van der Waals surface area contributed by atoms with Gasteiger partial charge in [-0.3, -0.25) is 0 Å². The second kappa shape index (κ2) is 7.43. The molecule has 0 saturated carbocycles. The maximum Gasteiger partial charge on any atom is 0.231 e. The maximum absolute atomic E-state index is 6.54. The van der Waals surface area contributed by atoms with Crippen LogP contribution in [0.3, 0.4) is 0 Å². The molecule has 2 aliphatic rings. The van der Waals surface area contributed by atoms with E-state index in [0.29, 0.717) is 29.1 Å². The van der Waals surface area contributed by atoms with Gasteiger partial charge in [0.25, 0.3) is 0 Å². The van der Waals surface area contributed by atoms with E-state index < -0.39 is 0 Å². The van der Waals surface area contributed by atoms with Gasteiger partial charge in [-0.1, -0.05) is 19.9 Å². The van der Waals surface area contributed by atoms with Gasteiger partial charge >= 0.3 is 0 Å². The lowest BCUT2D eigenvalue weighted by Gasteiger charge is -2.20. The Hall–Kier alpha value is -2.60. The molecule has 6 heteroatoms. The molecule has 2 aliphatic heterocycles. The summed E-state index contributed by atoms with van der Waals surface area (Å²) in [6.07, 6.45) is -0.118. The van der Waals surface area contributed by atoms with Gasteiger partial charge in [0.1, 0.15) is 0 Å². The number of methoxy groups -OCH3 is 3. The molecule has 2 heterocycles. The number of rotatable bonds is 5. The van der Waals surface area contributed by atoms with Crippen molar-refractivity contribution in [3.63, 3.8) is 0 Å². The predicted molar refractivity (Wildman–Crippen MR) is 104 cm³/mol. The van der Waals surface area contributed by atoms with Crippen LogP contribution in [0.5, 0.6) is 28.7 Å². The molecule has 4 atom stereocenters. The molecule has 0 spiro atoms. The summed E-state index contributed by atoms with van der Waals surface area (Å²) < 4.78 is 34.0. The van der Waals surface area contributed by atoms with E-state index in [9.17, 15) is 0 Å². The molecule has 1 fully saturated rings. The molecule has 2 aromatic carbocycles. The van der Waals surface area contributed by atoms with Crippen LogP contribution in [0.2, 0.25) is 0 Å². The largest absolute Gasteiger partial charge is 0.493 e. The third-order valence-electron chi connectivity index (χ3n) is 5.82. The van der Waals surface area contributed by atoms with E-state index in [4.69, 9.17) is 28.4 Å². The molecule has 4 unspecified atom stereocenters. The Morgan fingerprint density at radius 1 is 0.750 bits per heavy atom. The summed E-state index contributed by atoms with van der Waals surface area (Å²) in [6, 6.07) is 9.96. The van der Waals surface area contributed by atoms with Gasteiger partial charge in [0.2, 0.25) is 12.5 Å². The molecule has 2 aromatic rings. The number of fused-ring (bicyclic) bond motifs is 1. The van der Waals surface area contributed by atoms with E-state index in [1.807, 2.05) is 24.3 Å². The standard InChI is InChI=1S/C22H26O6/c1-12-13(2)21(15-9-18(23-3)22(25-5)19(10-15)24-4)28-20(12)14-6-7-16-17(8-14)27-11-26-16/h6-10,12-13,20-21H,11H2,1-5H3. The zero-order valence-corrected chi connectivity index (χ0v) is 16.9. The summed E-state index contributed by atoms with van der Waals surface area (Å²) in [5.74, 6) is 4.03. The predicted octanol–water partition coefficient (Wildman–Crippen LogP) is 4.53. The monoisotopic (exact) mass is 386 g/mol. The topological polar surface area (TPSA) is 55.4 Å². The zero-order chi connectivity index (χ0) is 19.8. The van der Waals surface area contributed by atoms with Crippen LogP contribution in [-0.2, 0) is 4.74 Å². The summed E-state index contributed by atoms with van der Waals surface area (Å²) in [5.41, 5.74) is 2.11. The molecule has 0 bridgehead atoms. The van der Waals surface area contributed by atoms with Crippen LogP contribution in [-0.4, -0.2) is 28.1 Å². The van der Waals surface area contributed by atoms with Crippen molar-refractivity contribution in [1.29, 1.82) is 0 Å². The highest BCUT2D eigenvalue weighted by Crippen LogP contribution is 2.52. The van der Waals surface area contributed by atoms with Crippen LogP contribution in [0.4, 0.5) is 0 Å². The minimum atomic E-state index is -0.0841. The number of hydrogen-bond donors (Lipinski definition) is 0. The molecule has 150 valence electrons. The average Bonchev–Trinajstić information content (AvgIpc) is 3.31. The fraction of sp³-hybridized carbons (Fsp3) is 0.455. The Kier molecular flexibility index (Phi) is 4.98. The third-order valence-corrected chi connectivity index (χ3v) is 5.82. The van der Waals surface area contributed by atoms with Crippen molar-refractivity contribution in [3.05, 3.63) is 41.5 Å². The summed E-state index contributed by atoms with van der Waals surface area (Å²) >= 11 is 0. The quantitative estimate of drug-likeness (QED) is 0.753. The lowest BCUT2D eigenvalue weighted by Crippen LogP contribution is -2.10. The van der Waals surface area contributed by atoms with Gasteiger partial charge in [0, 0.05) is 0 Å². The fourth-order valence-corrected chi connectivity index (χ4v) is 4.08. The van der Waals surface area contributed by atoms with Gasteiger partial charge in [-0.05, 0) is 47.2 Å². The Morgan fingerprint density at radius 2 is 1.36 bits per heavy atom. The van der Waals surface area contributed by atoms with Gasteiger partial charge in [-0.25, -0.2) is 0 Å². The summed E-state index contributed by atoms with van der Waals surface area (Å²) in [5, 5.41) is 0. The molecule has 6 nitrogen and oxygen atoms in total. The molecule has 28 heavy (non-hydrogen) atoms. The highest BCUT2D eigenvalue weighted by atomic mass is 16.7. The minimum absolute atomic E-state index is 0.0337. The Morgan fingerprint density at radius 3 is 1.96 bits per heavy atom. The first-order valence-electron chi connectivity index (χ1n) is 9.42.